The van der Waals surface area contributed by atoms with Gasteiger partial charge in [0.15, 0.2) is 0 Å². The van der Waals surface area contributed by atoms with Gasteiger partial charge in [-0.15, -0.1) is 0 Å². The van der Waals surface area contributed by atoms with Gasteiger partial charge in [-0.25, -0.2) is 0 Å². The summed E-state index contributed by atoms with van der Waals surface area (Å²) in [7, 11) is 0. The molecule has 2 aliphatic heterocycles. The van der Waals surface area contributed by atoms with E-state index in [1.54, 1.807) is 0 Å². The van der Waals surface area contributed by atoms with Crippen LogP contribution in [0.1, 0.15) is 67.0 Å². The van der Waals surface area contributed by atoms with Gasteiger partial charge in [0.05, 0.1) is 12.1 Å². The number of carbonyl (C=O) groups excluding carboxylic acids is 1. The van der Waals surface area contributed by atoms with Crippen molar-refractivity contribution in [1.29, 1.82) is 0 Å². The number of benzene rings is 1. The number of amides is 1. The predicted octanol–water partition coefficient (Wildman–Crippen LogP) is 3.46. The zero-order valence-electron chi connectivity index (χ0n) is 21.4. The van der Waals surface area contributed by atoms with Crippen molar-refractivity contribution in [1.82, 2.24) is 14.8 Å². The lowest BCUT2D eigenvalue weighted by Gasteiger charge is -2.31. The number of aliphatic hydroxyl groups excluding tert-OH is 1. The van der Waals surface area contributed by atoms with Crippen LogP contribution in [0.25, 0.3) is 5.57 Å². The fourth-order valence-electron chi connectivity index (χ4n) is 7.69. The summed E-state index contributed by atoms with van der Waals surface area (Å²) < 4.78 is 1.96. The summed E-state index contributed by atoms with van der Waals surface area (Å²) >= 11 is 0. The molecule has 1 saturated heterocycles. The molecule has 3 aliphatic carbocycles. The highest BCUT2D eigenvalue weighted by Crippen LogP contribution is 2.51. The number of hydrogen-bond donors (Lipinski definition) is 2. The van der Waals surface area contributed by atoms with Gasteiger partial charge in [-0.05, 0) is 86.1 Å². The molecule has 0 radical (unpaired) electrons. The molecule has 1 aromatic carbocycles. The highest BCUT2D eigenvalue weighted by atomic mass is 16.3. The number of nitrogens with one attached hydrogen (secondary N) is 1. The number of carbonyl (C=O) groups is 1. The Morgan fingerprint density at radius 2 is 1.84 bits per heavy atom. The molecule has 2 fully saturated rings. The molecule has 3 heterocycles. The van der Waals surface area contributed by atoms with Crippen LogP contribution >= 0.6 is 0 Å². The summed E-state index contributed by atoms with van der Waals surface area (Å²) in [6, 6.07) is 12.4. The summed E-state index contributed by atoms with van der Waals surface area (Å²) in [5.74, 6) is 0.550. The first-order valence-corrected chi connectivity index (χ1v) is 14.3. The maximum atomic E-state index is 13.9. The minimum atomic E-state index is -0.353. The summed E-state index contributed by atoms with van der Waals surface area (Å²) in [4.78, 5) is 29.9. The first-order valence-electron chi connectivity index (χ1n) is 14.3. The second-order valence-corrected chi connectivity index (χ2v) is 12.0. The van der Waals surface area contributed by atoms with E-state index in [0.717, 1.165) is 49.9 Å². The summed E-state index contributed by atoms with van der Waals surface area (Å²) in [6.07, 6.45) is 10.7. The van der Waals surface area contributed by atoms with Crippen molar-refractivity contribution < 1.29 is 9.90 Å². The zero-order chi connectivity index (χ0) is 25.1. The van der Waals surface area contributed by atoms with Crippen molar-refractivity contribution in [2.45, 2.75) is 76.0 Å². The molecule has 5 aliphatic rings. The van der Waals surface area contributed by atoms with Gasteiger partial charge in [-0.2, -0.15) is 0 Å². The van der Waals surface area contributed by atoms with Crippen LogP contribution in [0.4, 0.5) is 0 Å². The third-order valence-electron chi connectivity index (χ3n) is 9.66. The Hall–Kier alpha value is -2.70. The van der Waals surface area contributed by atoms with E-state index >= 15 is 0 Å². The first kappa shape index (κ1) is 23.4. The van der Waals surface area contributed by atoms with Crippen molar-refractivity contribution in [2.24, 2.45) is 17.8 Å². The average molecular weight is 500 g/mol. The fourth-order valence-corrected chi connectivity index (χ4v) is 7.69. The molecular weight excluding hydrogens is 462 g/mol. The molecule has 1 aromatic heterocycles. The standard InChI is InChI=1S/C31H37N3O3/c35-18-26-25-17-33-27(13-12-24(31(33)37)20-6-2-1-3-7-20)28(25)34(16-19-10-11-19)29(26)30(36)32-23-14-21-8-4-5-9-22(21)15-23/h4-6,8-9,12-13,19,23,25-26,28-29,35H,1-3,7,10-11,14-18H2,(H,32,36)/t25-,26-,28+,29-/m1/s1. The maximum absolute atomic E-state index is 13.9. The van der Waals surface area contributed by atoms with Crippen molar-refractivity contribution in [2.75, 3.05) is 13.2 Å². The normalized spacial score (nSPS) is 29.1. The largest absolute Gasteiger partial charge is 0.396 e. The van der Waals surface area contributed by atoms with Crippen molar-refractivity contribution in [3.8, 4) is 0 Å². The Balaban J connectivity index is 1.19. The van der Waals surface area contributed by atoms with E-state index in [1.165, 1.54) is 36.0 Å². The Bertz CT molecular complexity index is 1280. The topological polar surface area (TPSA) is 74.6 Å². The van der Waals surface area contributed by atoms with Gasteiger partial charge in [0.2, 0.25) is 5.91 Å². The van der Waals surface area contributed by atoms with Crippen LogP contribution in [0.5, 0.6) is 0 Å². The summed E-state index contributed by atoms with van der Waals surface area (Å²) in [5.41, 5.74) is 5.80. The molecule has 194 valence electrons. The monoisotopic (exact) mass is 499 g/mol. The number of pyridine rings is 1. The quantitative estimate of drug-likeness (QED) is 0.639. The molecule has 0 bridgehead atoms. The summed E-state index contributed by atoms with van der Waals surface area (Å²) in [5, 5.41) is 14.0. The van der Waals surface area contributed by atoms with Gasteiger partial charge in [0.1, 0.15) is 0 Å². The Morgan fingerprint density at radius 3 is 2.51 bits per heavy atom. The van der Waals surface area contributed by atoms with E-state index in [-0.39, 0.29) is 48.0 Å². The van der Waals surface area contributed by atoms with E-state index in [4.69, 9.17) is 0 Å². The van der Waals surface area contributed by atoms with E-state index in [1.807, 2.05) is 10.6 Å². The van der Waals surface area contributed by atoms with Gasteiger partial charge in [-0.1, -0.05) is 30.3 Å². The molecule has 0 spiro atoms. The molecule has 37 heavy (non-hydrogen) atoms. The molecule has 4 atom stereocenters. The SMILES string of the molecule is O=C(NC1Cc2ccccc2C1)[C@H]1[C@H](CO)[C@H]2Cn3c(ccc(C4=CCCCC4)c3=O)[C@H]2N1CC1CC1. The van der Waals surface area contributed by atoms with Gasteiger partial charge in [0, 0.05) is 48.8 Å². The second kappa shape index (κ2) is 9.25. The van der Waals surface area contributed by atoms with E-state index < -0.39 is 0 Å². The minimum Gasteiger partial charge on any atom is -0.396 e. The molecule has 2 aromatic rings. The molecule has 6 heteroatoms. The van der Waals surface area contributed by atoms with Gasteiger partial charge < -0.3 is 15.0 Å². The molecule has 1 amide bonds. The maximum Gasteiger partial charge on any atom is 0.258 e. The fraction of sp³-hybridized carbons (Fsp3) is 0.548. The number of fused-ring (bicyclic) bond motifs is 4. The number of hydrogen-bond acceptors (Lipinski definition) is 4. The predicted molar refractivity (Wildman–Crippen MR) is 143 cm³/mol. The van der Waals surface area contributed by atoms with Crippen molar-refractivity contribution >= 4 is 11.5 Å². The number of likely N-dealkylation sites (tertiary alicyclic amines) is 1. The first-order chi connectivity index (χ1) is 18.1. The number of aromatic nitrogens is 1. The van der Waals surface area contributed by atoms with Crippen LogP contribution in [0.3, 0.4) is 0 Å². The highest BCUT2D eigenvalue weighted by Gasteiger charge is 2.56. The van der Waals surface area contributed by atoms with Gasteiger partial charge >= 0.3 is 0 Å². The number of allylic oxidation sites excluding steroid dienone is 2. The van der Waals surface area contributed by atoms with Crippen LogP contribution in [0.2, 0.25) is 0 Å². The molecule has 7 rings (SSSR count). The molecule has 0 unspecified atom stereocenters. The second-order valence-electron chi connectivity index (χ2n) is 12.0. The molecule has 6 nitrogen and oxygen atoms in total. The number of aliphatic hydroxyl groups is 1. The lowest BCUT2D eigenvalue weighted by molar-refractivity contribution is -0.128. The highest BCUT2D eigenvalue weighted by molar-refractivity contribution is 5.83. The van der Waals surface area contributed by atoms with Crippen molar-refractivity contribution in [3.05, 3.63) is 75.2 Å². The van der Waals surface area contributed by atoms with Crippen LogP contribution < -0.4 is 10.9 Å². The van der Waals surface area contributed by atoms with Crippen LogP contribution in [-0.4, -0.2) is 45.7 Å². The zero-order valence-corrected chi connectivity index (χ0v) is 21.4. The molecule has 2 N–H and O–H groups in total. The van der Waals surface area contributed by atoms with Crippen LogP contribution in [-0.2, 0) is 24.2 Å². The lowest BCUT2D eigenvalue weighted by Crippen LogP contribution is -2.51. The van der Waals surface area contributed by atoms with Crippen LogP contribution in [0, 0.1) is 17.8 Å². The molecule has 1 saturated carbocycles. The Kier molecular flexibility index (Phi) is 5.85. The van der Waals surface area contributed by atoms with E-state index in [9.17, 15) is 14.7 Å². The number of nitrogens with zero attached hydrogens (tertiary/aromatic N) is 2. The Labute approximate surface area is 218 Å². The molecular formula is C31H37N3O3. The minimum absolute atomic E-state index is 0.0105. The van der Waals surface area contributed by atoms with Crippen LogP contribution in [0.15, 0.2) is 47.3 Å². The lowest BCUT2D eigenvalue weighted by atomic mass is 9.88. The van der Waals surface area contributed by atoms with Gasteiger partial charge in [-0.3, -0.25) is 14.5 Å². The average Bonchev–Trinajstić information content (AvgIpc) is 3.38. The number of rotatable bonds is 6. The van der Waals surface area contributed by atoms with Gasteiger partial charge in [0.25, 0.3) is 5.56 Å². The Morgan fingerprint density at radius 1 is 1.05 bits per heavy atom. The third-order valence-corrected chi connectivity index (χ3v) is 9.66. The summed E-state index contributed by atoms with van der Waals surface area (Å²) in [6.45, 7) is 1.42. The van der Waals surface area contributed by atoms with Crippen molar-refractivity contribution in [3.63, 3.8) is 0 Å². The van der Waals surface area contributed by atoms with E-state index in [0.29, 0.717) is 12.5 Å². The third kappa shape index (κ3) is 4.00. The smallest absolute Gasteiger partial charge is 0.258 e. The van der Waals surface area contributed by atoms with E-state index in [2.05, 4.69) is 46.6 Å².